The molecule has 2 aliphatic heterocycles. The highest BCUT2D eigenvalue weighted by molar-refractivity contribution is 5.79. The van der Waals surface area contributed by atoms with Crippen LogP contribution < -0.4 is 0 Å². The number of likely N-dealkylation sites (tertiary alicyclic amines) is 1. The minimum absolute atomic E-state index is 0.0867. The highest BCUT2D eigenvalue weighted by Crippen LogP contribution is 2.25. The monoisotopic (exact) mass is 334 g/mol. The van der Waals surface area contributed by atoms with E-state index in [0.717, 1.165) is 38.4 Å². The average Bonchev–Trinajstić information content (AvgIpc) is 3.01. The molecule has 2 aliphatic rings. The standard InChI is InChI=1S/C18H26N2O4/c21-13-16-12-20(11-15(16)10-19-5-7-24-8-6-19)18(23)9-14-1-3-17(22)4-2-14/h1-4,15-16,21-22H,5-13H2. The van der Waals surface area contributed by atoms with E-state index in [9.17, 15) is 15.0 Å². The van der Waals surface area contributed by atoms with Crippen LogP contribution in [-0.2, 0) is 16.0 Å². The van der Waals surface area contributed by atoms with Crippen LogP contribution in [0.15, 0.2) is 24.3 Å². The zero-order chi connectivity index (χ0) is 16.9. The quantitative estimate of drug-likeness (QED) is 0.812. The zero-order valence-corrected chi connectivity index (χ0v) is 13.9. The van der Waals surface area contributed by atoms with Crippen molar-refractivity contribution in [3.8, 4) is 5.75 Å². The van der Waals surface area contributed by atoms with Gasteiger partial charge < -0.3 is 19.8 Å². The number of benzene rings is 1. The molecule has 6 nitrogen and oxygen atoms in total. The smallest absolute Gasteiger partial charge is 0.227 e. The van der Waals surface area contributed by atoms with E-state index in [4.69, 9.17) is 4.74 Å². The molecule has 0 saturated carbocycles. The van der Waals surface area contributed by atoms with Gasteiger partial charge in [-0.15, -0.1) is 0 Å². The summed E-state index contributed by atoms with van der Waals surface area (Å²) in [5.41, 5.74) is 0.898. The largest absolute Gasteiger partial charge is 0.508 e. The minimum Gasteiger partial charge on any atom is -0.508 e. The summed E-state index contributed by atoms with van der Waals surface area (Å²) in [6, 6.07) is 6.75. The van der Waals surface area contributed by atoms with Gasteiger partial charge in [0, 0.05) is 45.2 Å². The predicted molar refractivity (Wildman–Crippen MR) is 89.7 cm³/mol. The molecule has 0 aromatic heterocycles. The van der Waals surface area contributed by atoms with Gasteiger partial charge in [0.25, 0.3) is 0 Å². The first-order valence-electron chi connectivity index (χ1n) is 8.62. The molecule has 0 aliphatic carbocycles. The molecule has 132 valence electrons. The van der Waals surface area contributed by atoms with Crippen LogP contribution in [0.25, 0.3) is 0 Å². The van der Waals surface area contributed by atoms with E-state index < -0.39 is 0 Å². The van der Waals surface area contributed by atoms with Crippen molar-refractivity contribution < 1.29 is 19.7 Å². The van der Waals surface area contributed by atoms with Crippen molar-refractivity contribution in [1.29, 1.82) is 0 Å². The topological polar surface area (TPSA) is 73.2 Å². The fourth-order valence-electron chi connectivity index (χ4n) is 3.57. The number of rotatable bonds is 5. The maximum absolute atomic E-state index is 12.5. The van der Waals surface area contributed by atoms with Crippen molar-refractivity contribution in [2.24, 2.45) is 11.8 Å². The summed E-state index contributed by atoms with van der Waals surface area (Å²) < 4.78 is 5.38. The third-order valence-corrected chi connectivity index (χ3v) is 5.05. The Kier molecular flexibility index (Phi) is 5.71. The molecule has 0 radical (unpaired) electrons. The van der Waals surface area contributed by atoms with Crippen molar-refractivity contribution in [2.45, 2.75) is 6.42 Å². The van der Waals surface area contributed by atoms with Crippen molar-refractivity contribution in [3.63, 3.8) is 0 Å². The third-order valence-electron chi connectivity index (χ3n) is 5.05. The SMILES string of the molecule is O=C(Cc1ccc(O)cc1)N1CC(CO)C(CN2CCOCC2)C1. The second-order valence-corrected chi connectivity index (χ2v) is 6.76. The fourth-order valence-corrected chi connectivity index (χ4v) is 3.57. The van der Waals surface area contributed by atoms with E-state index >= 15 is 0 Å². The summed E-state index contributed by atoms with van der Waals surface area (Å²) in [6.07, 6.45) is 0.336. The maximum atomic E-state index is 12.5. The number of carbonyl (C=O) groups is 1. The first-order valence-corrected chi connectivity index (χ1v) is 8.62. The third kappa shape index (κ3) is 4.26. The van der Waals surface area contributed by atoms with Gasteiger partial charge in [-0.25, -0.2) is 0 Å². The number of aromatic hydroxyl groups is 1. The number of carbonyl (C=O) groups excluding carboxylic acids is 1. The molecule has 1 amide bonds. The molecule has 24 heavy (non-hydrogen) atoms. The van der Waals surface area contributed by atoms with E-state index in [1.165, 1.54) is 0 Å². The molecule has 2 saturated heterocycles. The average molecular weight is 334 g/mol. The van der Waals surface area contributed by atoms with Crippen LogP contribution in [0.3, 0.4) is 0 Å². The van der Waals surface area contributed by atoms with E-state index in [2.05, 4.69) is 4.90 Å². The van der Waals surface area contributed by atoms with Gasteiger partial charge >= 0.3 is 0 Å². The molecule has 3 rings (SSSR count). The van der Waals surface area contributed by atoms with E-state index in [1.807, 2.05) is 4.90 Å². The van der Waals surface area contributed by atoms with Crippen LogP contribution in [0, 0.1) is 11.8 Å². The fraction of sp³-hybridized carbons (Fsp3) is 0.611. The lowest BCUT2D eigenvalue weighted by Crippen LogP contribution is -2.41. The van der Waals surface area contributed by atoms with Crippen LogP contribution in [0.4, 0.5) is 0 Å². The highest BCUT2D eigenvalue weighted by Gasteiger charge is 2.35. The Morgan fingerprint density at radius 2 is 1.79 bits per heavy atom. The lowest BCUT2D eigenvalue weighted by atomic mass is 9.96. The Hall–Kier alpha value is -1.63. The summed E-state index contributed by atoms with van der Waals surface area (Å²) >= 11 is 0. The molecule has 2 fully saturated rings. The second-order valence-electron chi connectivity index (χ2n) is 6.76. The van der Waals surface area contributed by atoms with Crippen LogP contribution in [0.5, 0.6) is 5.75 Å². The number of amides is 1. The van der Waals surface area contributed by atoms with Crippen molar-refractivity contribution >= 4 is 5.91 Å². The van der Waals surface area contributed by atoms with Crippen LogP contribution in [0.2, 0.25) is 0 Å². The summed E-state index contributed by atoms with van der Waals surface area (Å²) in [7, 11) is 0. The number of hydrogen-bond acceptors (Lipinski definition) is 5. The summed E-state index contributed by atoms with van der Waals surface area (Å²) in [5.74, 6) is 0.760. The number of phenols is 1. The lowest BCUT2D eigenvalue weighted by molar-refractivity contribution is -0.129. The number of phenolic OH excluding ortho intramolecular Hbond substituents is 1. The Balaban J connectivity index is 1.56. The Morgan fingerprint density at radius 1 is 1.12 bits per heavy atom. The first kappa shape index (κ1) is 17.2. The Labute approximate surface area is 142 Å². The molecule has 0 bridgehead atoms. The first-order chi connectivity index (χ1) is 11.7. The molecular formula is C18H26N2O4. The molecule has 6 heteroatoms. The van der Waals surface area contributed by atoms with Gasteiger partial charge in [-0.1, -0.05) is 12.1 Å². The van der Waals surface area contributed by atoms with Crippen molar-refractivity contribution in [3.05, 3.63) is 29.8 Å². The molecular weight excluding hydrogens is 308 g/mol. The number of nitrogens with zero attached hydrogens (tertiary/aromatic N) is 2. The molecule has 1 aromatic carbocycles. The number of hydrogen-bond donors (Lipinski definition) is 2. The minimum atomic E-state index is 0.0867. The van der Waals surface area contributed by atoms with Crippen LogP contribution >= 0.6 is 0 Å². The number of ether oxygens (including phenoxy) is 1. The molecule has 1 aromatic rings. The van der Waals surface area contributed by atoms with Gasteiger partial charge in [0.2, 0.25) is 5.91 Å². The van der Waals surface area contributed by atoms with Crippen LogP contribution in [-0.4, -0.2) is 78.5 Å². The van der Waals surface area contributed by atoms with Crippen molar-refractivity contribution in [1.82, 2.24) is 9.80 Å². The van der Waals surface area contributed by atoms with Gasteiger partial charge in [0.1, 0.15) is 5.75 Å². The van der Waals surface area contributed by atoms with Crippen molar-refractivity contribution in [2.75, 3.05) is 52.5 Å². The number of morpholine rings is 1. The van der Waals surface area contributed by atoms with Crippen LogP contribution in [0.1, 0.15) is 5.56 Å². The van der Waals surface area contributed by atoms with E-state index in [0.29, 0.717) is 25.4 Å². The highest BCUT2D eigenvalue weighted by atomic mass is 16.5. The predicted octanol–water partition coefficient (Wildman–Crippen LogP) is 0.334. The normalized spacial score (nSPS) is 25.1. The number of aliphatic hydroxyl groups is 1. The van der Waals surface area contributed by atoms with Gasteiger partial charge in [-0.05, 0) is 23.6 Å². The molecule has 2 atom stereocenters. The zero-order valence-electron chi connectivity index (χ0n) is 13.9. The second kappa shape index (κ2) is 7.96. The summed E-state index contributed by atoms with van der Waals surface area (Å²) in [5, 5.41) is 19.0. The van der Waals surface area contributed by atoms with E-state index in [-0.39, 0.29) is 24.2 Å². The summed E-state index contributed by atoms with van der Waals surface area (Å²) in [6.45, 7) is 5.75. The molecule has 0 spiro atoms. The van der Waals surface area contributed by atoms with Gasteiger partial charge in [-0.3, -0.25) is 9.69 Å². The van der Waals surface area contributed by atoms with E-state index in [1.54, 1.807) is 24.3 Å². The Morgan fingerprint density at radius 3 is 2.46 bits per heavy atom. The Bertz CT molecular complexity index is 542. The molecule has 2 unspecified atom stereocenters. The van der Waals surface area contributed by atoms with Gasteiger partial charge in [0.05, 0.1) is 19.6 Å². The maximum Gasteiger partial charge on any atom is 0.227 e. The molecule has 2 heterocycles. The molecule has 2 N–H and O–H groups in total. The summed E-state index contributed by atoms with van der Waals surface area (Å²) in [4.78, 5) is 16.8. The lowest BCUT2D eigenvalue weighted by Gasteiger charge is -2.30. The van der Waals surface area contributed by atoms with Gasteiger partial charge in [0.15, 0.2) is 0 Å². The number of aliphatic hydroxyl groups excluding tert-OH is 1. The van der Waals surface area contributed by atoms with Gasteiger partial charge in [-0.2, -0.15) is 0 Å².